The number of ether oxygens (including phenoxy) is 3. The quantitative estimate of drug-likeness (QED) is 0.645. The van der Waals surface area contributed by atoms with Crippen LogP contribution in [-0.4, -0.2) is 11.8 Å². The molecule has 0 saturated heterocycles. The summed E-state index contributed by atoms with van der Waals surface area (Å²) in [6.07, 6.45) is 0. The molecule has 0 amide bonds. The summed E-state index contributed by atoms with van der Waals surface area (Å²) in [6, 6.07) is 4.69. The maximum absolute atomic E-state index is 13.4. The molecule has 110 valence electrons. The molecule has 0 fully saturated rings. The monoisotopic (exact) mass is 301 g/mol. The van der Waals surface area contributed by atoms with Gasteiger partial charge >= 0.3 is 0 Å². The Balaban J connectivity index is 1.82. The van der Waals surface area contributed by atoms with Crippen LogP contribution in [-0.2, 0) is 6.61 Å². The van der Waals surface area contributed by atoms with Crippen LogP contribution < -0.4 is 14.2 Å². The van der Waals surface area contributed by atoms with E-state index in [9.17, 15) is 17.6 Å². The molecule has 21 heavy (non-hydrogen) atoms. The molecular formula is C13H7F4NO3. The average Bonchev–Trinajstić information content (AvgIpc) is 2.92. The van der Waals surface area contributed by atoms with Crippen LogP contribution in [0.3, 0.4) is 0 Å². The van der Waals surface area contributed by atoms with Gasteiger partial charge in [-0.1, -0.05) is 6.07 Å². The van der Waals surface area contributed by atoms with Gasteiger partial charge in [-0.3, -0.25) is 0 Å². The van der Waals surface area contributed by atoms with E-state index in [-0.39, 0.29) is 13.4 Å². The van der Waals surface area contributed by atoms with Crippen LogP contribution in [0.15, 0.2) is 18.2 Å². The Hall–Kier alpha value is -2.51. The SMILES string of the molecule is Fc1nc(F)c(F)c(OCc2ccc3c(c2)OCO3)c1F. The molecule has 1 aromatic carbocycles. The Morgan fingerprint density at radius 2 is 1.67 bits per heavy atom. The van der Waals surface area contributed by atoms with Gasteiger partial charge in [0.05, 0.1) is 0 Å². The molecule has 0 saturated carbocycles. The summed E-state index contributed by atoms with van der Waals surface area (Å²) < 4.78 is 67.6. The fourth-order valence-electron chi connectivity index (χ4n) is 1.78. The normalized spacial score (nSPS) is 12.6. The lowest BCUT2D eigenvalue weighted by molar-refractivity contribution is 0.174. The third-order valence-corrected chi connectivity index (χ3v) is 2.78. The van der Waals surface area contributed by atoms with Crippen molar-refractivity contribution in [3.05, 3.63) is 47.3 Å². The van der Waals surface area contributed by atoms with Crippen LogP contribution in [0, 0.1) is 23.5 Å². The molecule has 0 spiro atoms. The van der Waals surface area contributed by atoms with Gasteiger partial charge in [-0.05, 0) is 17.7 Å². The number of aromatic nitrogens is 1. The van der Waals surface area contributed by atoms with E-state index in [1.165, 1.54) is 6.07 Å². The lowest BCUT2D eigenvalue weighted by atomic mass is 10.2. The van der Waals surface area contributed by atoms with Crippen molar-refractivity contribution in [1.29, 1.82) is 0 Å². The van der Waals surface area contributed by atoms with Gasteiger partial charge in [0.2, 0.25) is 24.2 Å². The van der Waals surface area contributed by atoms with Crippen LogP contribution in [0.4, 0.5) is 17.6 Å². The van der Waals surface area contributed by atoms with Crippen LogP contribution in [0.5, 0.6) is 17.2 Å². The van der Waals surface area contributed by atoms with E-state index < -0.39 is 29.3 Å². The van der Waals surface area contributed by atoms with Gasteiger partial charge in [-0.15, -0.1) is 0 Å². The fourth-order valence-corrected chi connectivity index (χ4v) is 1.78. The molecule has 0 aliphatic carbocycles. The highest BCUT2D eigenvalue weighted by Crippen LogP contribution is 2.33. The lowest BCUT2D eigenvalue weighted by Gasteiger charge is -2.09. The van der Waals surface area contributed by atoms with E-state index in [0.717, 1.165) is 0 Å². The van der Waals surface area contributed by atoms with Crippen molar-refractivity contribution in [1.82, 2.24) is 4.98 Å². The van der Waals surface area contributed by atoms with Gasteiger partial charge in [0.15, 0.2) is 11.5 Å². The number of nitrogens with zero attached hydrogens (tertiary/aromatic N) is 1. The summed E-state index contributed by atoms with van der Waals surface area (Å²) in [6.45, 7) is -0.239. The van der Waals surface area contributed by atoms with Crippen molar-refractivity contribution in [2.75, 3.05) is 6.79 Å². The van der Waals surface area contributed by atoms with Crippen LogP contribution >= 0.6 is 0 Å². The summed E-state index contributed by atoms with van der Waals surface area (Å²) in [5.74, 6) is -7.09. The highest BCUT2D eigenvalue weighted by molar-refractivity contribution is 5.44. The van der Waals surface area contributed by atoms with Gasteiger partial charge in [0, 0.05) is 0 Å². The predicted molar refractivity (Wildman–Crippen MR) is 61.0 cm³/mol. The van der Waals surface area contributed by atoms with E-state index in [1.807, 2.05) is 0 Å². The lowest BCUT2D eigenvalue weighted by Crippen LogP contribution is -2.06. The first-order valence-corrected chi connectivity index (χ1v) is 5.77. The van der Waals surface area contributed by atoms with Crippen molar-refractivity contribution in [3.8, 4) is 17.2 Å². The maximum atomic E-state index is 13.4. The fraction of sp³-hybridized carbons (Fsp3) is 0.154. The molecule has 0 atom stereocenters. The largest absolute Gasteiger partial charge is 0.483 e. The zero-order valence-electron chi connectivity index (χ0n) is 10.3. The Labute approximate surface area is 115 Å². The molecule has 0 bridgehead atoms. The molecule has 0 N–H and O–H groups in total. The molecule has 1 aliphatic rings. The van der Waals surface area contributed by atoms with E-state index in [4.69, 9.17) is 14.2 Å². The number of hydrogen-bond acceptors (Lipinski definition) is 4. The molecule has 2 heterocycles. The molecule has 4 nitrogen and oxygen atoms in total. The highest BCUT2D eigenvalue weighted by atomic mass is 19.2. The number of halogens is 4. The van der Waals surface area contributed by atoms with Crippen molar-refractivity contribution >= 4 is 0 Å². The Morgan fingerprint density at radius 1 is 1.00 bits per heavy atom. The third kappa shape index (κ3) is 2.44. The highest BCUT2D eigenvalue weighted by Gasteiger charge is 2.22. The second-order valence-electron chi connectivity index (χ2n) is 4.13. The molecule has 1 aromatic heterocycles. The number of pyridine rings is 1. The first-order chi connectivity index (χ1) is 10.1. The Morgan fingerprint density at radius 3 is 2.38 bits per heavy atom. The first kappa shape index (κ1) is 13.5. The zero-order chi connectivity index (χ0) is 15.0. The summed E-state index contributed by atoms with van der Waals surface area (Å²) in [7, 11) is 0. The van der Waals surface area contributed by atoms with Crippen LogP contribution in [0.1, 0.15) is 5.56 Å². The minimum atomic E-state index is -1.77. The summed E-state index contributed by atoms with van der Waals surface area (Å²) in [4.78, 5) is 2.44. The molecule has 2 aromatic rings. The number of benzene rings is 1. The minimum Gasteiger partial charge on any atom is -0.483 e. The number of hydrogen-bond donors (Lipinski definition) is 0. The Kier molecular flexibility index (Phi) is 3.28. The van der Waals surface area contributed by atoms with Crippen molar-refractivity contribution < 1.29 is 31.8 Å². The molecule has 8 heteroatoms. The van der Waals surface area contributed by atoms with Crippen LogP contribution in [0.25, 0.3) is 0 Å². The molecule has 1 aliphatic heterocycles. The smallest absolute Gasteiger partial charge is 0.255 e. The van der Waals surface area contributed by atoms with Crippen LogP contribution in [0.2, 0.25) is 0 Å². The summed E-state index contributed by atoms with van der Waals surface area (Å²) in [5.41, 5.74) is 0.482. The molecule has 0 unspecified atom stereocenters. The van der Waals surface area contributed by atoms with E-state index in [0.29, 0.717) is 17.1 Å². The molecular weight excluding hydrogens is 294 g/mol. The van der Waals surface area contributed by atoms with E-state index in [2.05, 4.69) is 4.98 Å². The first-order valence-electron chi connectivity index (χ1n) is 5.77. The number of rotatable bonds is 3. The van der Waals surface area contributed by atoms with Gasteiger partial charge in [0.1, 0.15) is 6.61 Å². The van der Waals surface area contributed by atoms with Gasteiger partial charge in [0.25, 0.3) is 11.9 Å². The predicted octanol–water partition coefficient (Wildman–Crippen LogP) is 2.95. The second-order valence-corrected chi connectivity index (χ2v) is 4.13. The third-order valence-electron chi connectivity index (χ3n) is 2.78. The molecule has 0 radical (unpaired) electrons. The van der Waals surface area contributed by atoms with E-state index >= 15 is 0 Å². The number of fused-ring (bicyclic) bond motifs is 1. The average molecular weight is 301 g/mol. The van der Waals surface area contributed by atoms with Gasteiger partial charge in [-0.25, -0.2) is 0 Å². The Bertz CT molecular complexity index is 682. The van der Waals surface area contributed by atoms with Crippen molar-refractivity contribution in [3.63, 3.8) is 0 Å². The summed E-state index contributed by atoms with van der Waals surface area (Å²) >= 11 is 0. The van der Waals surface area contributed by atoms with Crippen molar-refractivity contribution in [2.45, 2.75) is 6.61 Å². The van der Waals surface area contributed by atoms with E-state index in [1.54, 1.807) is 12.1 Å². The maximum Gasteiger partial charge on any atom is 0.255 e. The zero-order valence-corrected chi connectivity index (χ0v) is 10.3. The summed E-state index contributed by atoms with van der Waals surface area (Å²) in [5, 5.41) is 0. The second kappa shape index (κ2) is 5.12. The standard InChI is InChI=1S/C13H7F4NO3/c14-9-11(10(15)13(17)18-12(9)16)19-4-6-1-2-7-8(3-6)21-5-20-7/h1-3H,4-5H2. The topological polar surface area (TPSA) is 40.6 Å². The van der Waals surface area contributed by atoms with Crippen molar-refractivity contribution in [2.24, 2.45) is 0 Å². The minimum absolute atomic E-state index is 0.0731. The molecule has 3 rings (SSSR count). The van der Waals surface area contributed by atoms with Gasteiger partial charge < -0.3 is 14.2 Å². The van der Waals surface area contributed by atoms with Gasteiger partial charge in [-0.2, -0.15) is 22.5 Å².